The standard InChI is InChI=1S/C17H21Cl2NO3/c18-12-5-11(6-13(19)7-12)14-8-15(14)16(22)20-9-17(10-21)1-3-23-4-2-17/h5-7,14-15,21H,1-4,8-10H2,(H,20,22). The molecule has 2 aliphatic rings. The molecule has 1 heterocycles. The lowest BCUT2D eigenvalue weighted by Gasteiger charge is -2.35. The molecule has 0 spiro atoms. The first kappa shape index (κ1) is 17.0. The van der Waals surface area contributed by atoms with Gasteiger partial charge in [0, 0.05) is 41.1 Å². The minimum atomic E-state index is -0.238. The highest BCUT2D eigenvalue weighted by Crippen LogP contribution is 2.48. The van der Waals surface area contributed by atoms with E-state index in [2.05, 4.69) is 5.32 Å². The summed E-state index contributed by atoms with van der Waals surface area (Å²) in [5, 5.41) is 13.9. The van der Waals surface area contributed by atoms with E-state index in [-0.39, 0.29) is 29.8 Å². The molecule has 1 saturated heterocycles. The van der Waals surface area contributed by atoms with E-state index in [1.807, 2.05) is 12.1 Å². The maximum atomic E-state index is 12.4. The van der Waals surface area contributed by atoms with Crippen LogP contribution in [0.15, 0.2) is 18.2 Å². The molecule has 1 saturated carbocycles. The van der Waals surface area contributed by atoms with E-state index in [0.717, 1.165) is 24.8 Å². The van der Waals surface area contributed by atoms with Gasteiger partial charge in [-0.05, 0) is 48.9 Å². The van der Waals surface area contributed by atoms with Gasteiger partial charge in [-0.15, -0.1) is 0 Å². The Hall–Kier alpha value is -0.810. The first-order valence-corrected chi connectivity index (χ1v) is 8.71. The van der Waals surface area contributed by atoms with Crippen molar-refractivity contribution in [3.05, 3.63) is 33.8 Å². The highest BCUT2D eigenvalue weighted by molar-refractivity contribution is 6.34. The average Bonchev–Trinajstić information content (AvgIpc) is 3.33. The summed E-state index contributed by atoms with van der Waals surface area (Å²) in [7, 11) is 0. The molecule has 1 aliphatic carbocycles. The first-order chi connectivity index (χ1) is 11.0. The number of aliphatic hydroxyl groups is 1. The molecule has 1 amide bonds. The monoisotopic (exact) mass is 357 g/mol. The predicted molar refractivity (Wildman–Crippen MR) is 89.9 cm³/mol. The van der Waals surface area contributed by atoms with Crippen LogP contribution in [-0.2, 0) is 9.53 Å². The number of ether oxygens (including phenoxy) is 1. The van der Waals surface area contributed by atoms with Crippen LogP contribution in [0.4, 0.5) is 0 Å². The molecule has 2 fully saturated rings. The number of amides is 1. The minimum Gasteiger partial charge on any atom is -0.396 e. The Bertz CT molecular complexity index is 567. The van der Waals surface area contributed by atoms with Gasteiger partial charge in [0.25, 0.3) is 0 Å². The second kappa shape index (κ2) is 6.98. The number of hydrogen-bond acceptors (Lipinski definition) is 3. The third kappa shape index (κ3) is 4.00. The van der Waals surface area contributed by atoms with Gasteiger partial charge in [0.15, 0.2) is 0 Å². The van der Waals surface area contributed by atoms with Crippen LogP contribution in [0.3, 0.4) is 0 Å². The van der Waals surface area contributed by atoms with Crippen molar-refractivity contribution in [2.45, 2.75) is 25.2 Å². The number of carbonyl (C=O) groups is 1. The lowest BCUT2D eigenvalue weighted by atomic mass is 9.81. The number of aliphatic hydroxyl groups excluding tert-OH is 1. The zero-order valence-corrected chi connectivity index (χ0v) is 14.4. The van der Waals surface area contributed by atoms with Gasteiger partial charge in [-0.3, -0.25) is 4.79 Å². The molecule has 3 rings (SSSR count). The van der Waals surface area contributed by atoms with Crippen molar-refractivity contribution in [2.24, 2.45) is 11.3 Å². The second-order valence-electron chi connectivity index (χ2n) is 6.64. The van der Waals surface area contributed by atoms with Crippen LogP contribution in [0.2, 0.25) is 10.0 Å². The largest absolute Gasteiger partial charge is 0.396 e. The third-order valence-electron chi connectivity index (χ3n) is 4.97. The summed E-state index contributed by atoms with van der Waals surface area (Å²) >= 11 is 12.0. The van der Waals surface area contributed by atoms with Gasteiger partial charge in [0.2, 0.25) is 5.91 Å². The molecular weight excluding hydrogens is 337 g/mol. The lowest BCUT2D eigenvalue weighted by molar-refractivity contribution is -0.123. The molecule has 2 unspecified atom stereocenters. The Morgan fingerprint density at radius 2 is 1.91 bits per heavy atom. The summed E-state index contributed by atoms with van der Waals surface area (Å²) in [6, 6.07) is 5.44. The molecule has 1 aromatic carbocycles. The zero-order chi connectivity index (χ0) is 16.4. The third-order valence-corrected chi connectivity index (χ3v) is 5.40. The fraction of sp³-hybridized carbons (Fsp3) is 0.588. The van der Waals surface area contributed by atoms with E-state index in [0.29, 0.717) is 29.8 Å². The van der Waals surface area contributed by atoms with Gasteiger partial charge in [-0.2, -0.15) is 0 Å². The SMILES string of the molecule is O=C(NCC1(CO)CCOCC1)C1CC1c1cc(Cl)cc(Cl)c1. The summed E-state index contributed by atoms with van der Waals surface area (Å²) in [5.74, 6) is 0.205. The number of carbonyl (C=O) groups excluding carboxylic acids is 1. The molecule has 0 bridgehead atoms. The molecule has 0 radical (unpaired) electrons. The molecule has 23 heavy (non-hydrogen) atoms. The first-order valence-electron chi connectivity index (χ1n) is 7.95. The molecule has 2 atom stereocenters. The number of benzene rings is 1. The predicted octanol–water partition coefficient (Wildman–Crippen LogP) is 3.00. The zero-order valence-electron chi connectivity index (χ0n) is 12.9. The molecular formula is C17H21Cl2NO3. The van der Waals surface area contributed by atoms with Crippen molar-refractivity contribution < 1.29 is 14.6 Å². The smallest absolute Gasteiger partial charge is 0.223 e. The van der Waals surface area contributed by atoms with Gasteiger partial charge >= 0.3 is 0 Å². The van der Waals surface area contributed by atoms with Gasteiger partial charge < -0.3 is 15.2 Å². The summed E-state index contributed by atoms with van der Waals surface area (Å²) in [6.45, 7) is 1.87. The summed E-state index contributed by atoms with van der Waals surface area (Å²) in [4.78, 5) is 12.4. The van der Waals surface area contributed by atoms with Crippen molar-refractivity contribution >= 4 is 29.1 Å². The summed E-state index contributed by atoms with van der Waals surface area (Å²) < 4.78 is 5.34. The lowest BCUT2D eigenvalue weighted by Crippen LogP contribution is -2.44. The highest BCUT2D eigenvalue weighted by Gasteiger charge is 2.44. The van der Waals surface area contributed by atoms with Gasteiger partial charge in [0.05, 0.1) is 6.61 Å². The van der Waals surface area contributed by atoms with Gasteiger partial charge in [-0.1, -0.05) is 23.2 Å². The normalized spacial score (nSPS) is 25.9. The van der Waals surface area contributed by atoms with Crippen LogP contribution < -0.4 is 5.32 Å². The van der Waals surface area contributed by atoms with Crippen LogP contribution >= 0.6 is 23.2 Å². The Morgan fingerprint density at radius 1 is 1.26 bits per heavy atom. The van der Waals surface area contributed by atoms with Gasteiger partial charge in [-0.25, -0.2) is 0 Å². The minimum absolute atomic E-state index is 0.0277. The fourth-order valence-electron chi connectivity index (χ4n) is 3.24. The van der Waals surface area contributed by atoms with Crippen LogP contribution in [0.25, 0.3) is 0 Å². The van der Waals surface area contributed by atoms with Crippen molar-refractivity contribution in [1.82, 2.24) is 5.32 Å². The average molecular weight is 358 g/mol. The van der Waals surface area contributed by atoms with Crippen molar-refractivity contribution in [3.63, 3.8) is 0 Å². The van der Waals surface area contributed by atoms with Crippen molar-refractivity contribution in [2.75, 3.05) is 26.4 Å². The molecule has 1 aromatic rings. The molecule has 4 nitrogen and oxygen atoms in total. The summed E-state index contributed by atoms with van der Waals surface area (Å²) in [6.07, 6.45) is 2.38. The van der Waals surface area contributed by atoms with E-state index in [1.54, 1.807) is 6.07 Å². The van der Waals surface area contributed by atoms with Gasteiger partial charge in [0.1, 0.15) is 0 Å². The Labute approximate surface area is 146 Å². The second-order valence-corrected chi connectivity index (χ2v) is 7.51. The number of halogens is 2. The van der Waals surface area contributed by atoms with E-state index < -0.39 is 0 Å². The molecule has 6 heteroatoms. The highest BCUT2D eigenvalue weighted by atomic mass is 35.5. The Kier molecular flexibility index (Phi) is 5.16. The van der Waals surface area contributed by atoms with Crippen LogP contribution in [0, 0.1) is 11.3 Å². The van der Waals surface area contributed by atoms with Crippen LogP contribution in [0.5, 0.6) is 0 Å². The number of nitrogens with one attached hydrogen (secondary N) is 1. The molecule has 2 N–H and O–H groups in total. The van der Waals surface area contributed by atoms with Crippen LogP contribution in [-0.4, -0.2) is 37.4 Å². The summed E-state index contributed by atoms with van der Waals surface area (Å²) in [5.41, 5.74) is 0.781. The van der Waals surface area contributed by atoms with E-state index >= 15 is 0 Å². The Balaban J connectivity index is 1.56. The van der Waals surface area contributed by atoms with Crippen LogP contribution in [0.1, 0.15) is 30.7 Å². The topological polar surface area (TPSA) is 58.6 Å². The molecule has 1 aliphatic heterocycles. The fourth-order valence-corrected chi connectivity index (χ4v) is 3.79. The molecule has 126 valence electrons. The number of rotatable bonds is 5. The van der Waals surface area contributed by atoms with E-state index in [1.165, 1.54) is 0 Å². The Morgan fingerprint density at radius 3 is 2.52 bits per heavy atom. The van der Waals surface area contributed by atoms with Crippen molar-refractivity contribution in [3.8, 4) is 0 Å². The maximum Gasteiger partial charge on any atom is 0.223 e. The molecule has 0 aromatic heterocycles. The number of hydrogen-bond donors (Lipinski definition) is 2. The quantitative estimate of drug-likeness (QED) is 0.851. The maximum absolute atomic E-state index is 12.4. The van der Waals surface area contributed by atoms with Crippen molar-refractivity contribution in [1.29, 1.82) is 0 Å². The van der Waals surface area contributed by atoms with E-state index in [9.17, 15) is 9.90 Å². The van der Waals surface area contributed by atoms with E-state index in [4.69, 9.17) is 27.9 Å².